The molecule has 1 atom stereocenters. The fourth-order valence-electron chi connectivity index (χ4n) is 2.24. The molecular formula is C14H17N5. The van der Waals surface area contributed by atoms with Gasteiger partial charge in [0.25, 0.3) is 0 Å². The second-order valence-electron chi connectivity index (χ2n) is 4.72. The number of nitrogens with one attached hydrogen (secondary N) is 1. The Hall–Kier alpha value is -2.17. The lowest BCUT2D eigenvalue weighted by atomic mass is 10.2. The summed E-state index contributed by atoms with van der Waals surface area (Å²) in [5.41, 5.74) is 1.25. The zero-order valence-electron chi connectivity index (χ0n) is 11.0. The summed E-state index contributed by atoms with van der Waals surface area (Å²) in [5.74, 6) is 1.84. The van der Waals surface area contributed by atoms with Crippen LogP contribution in [0.1, 0.15) is 12.5 Å². The first-order valence-electron chi connectivity index (χ1n) is 6.54. The van der Waals surface area contributed by atoms with Crippen LogP contribution in [0.3, 0.4) is 0 Å². The molecule has 0 bridgehead atoms. The van der Waals surface area contributed by atoms with Crippen molar-refractivity contribution in [2.24, 2.45) is 9.98 Å². The third-order valence-corrected chi connectivity index (χ3v) is 3.31. The van der Waals surface area contributed by atoms with Crippen molar-refractivity contribution in [1.82, 2.24) is 15.2 Å². The van der Waals surface area contributed by atoms with E-state index in [1.807, 2.05) is 36.9 Å². The molecule has 3 rings (SSSR count). The first-order valence-corrected chi connectivity index (χ1v) is 6.54. The van der Waals surface area contributed by atoms with E-state index in [2.05, 4.69) is 32.1 Å². The Morgan fingerprint density at radius 3 is 3.11 bits per heavy atom. The van der Waals surface area contributed by atoms with Crippen molar-refractivity contribution in [1.29, 1.82) is 0 Å². The Labute approximate surface area is 112 Å². The van der Waals surface area contributed by atoms with Gasteiger partial charge in [0.1, 0.15) is 0 Å². The number of hydrogen-bond acceptors (Lipinski definition) is 4. The molecule has 0 spiro atoms. The summed E-state index contributed by atoms with van der Waals surface area (Å²) in [6.07, 6.45) is 8.49. The molecule has 0 radical (unpaired) electrons. The summed E-state index contributed by atoms with van der Waals surface area (Å²) in [7, 11) is 0. The van der Waals surface area contributed by atoms with Gasteiger partial charge in [-0.25, -0.2) is 0 Å². The van der Waals surface area contributed by atoms with Crippen molar-refractivity contribution in [2.75, 3.05) is 13.1 Å². The summed E-state index contributed by atoms with van der Waals surface area (Å²) in [6.45, 7) is 3.76. The Kier molecular flexibility index (Phi) is 3.27. The van der Waals surface area contributed by atoms with E-state index >= 15 is 0 Å². The van der Waals surface area contributed by atoms with Crippen LogP contribution in [0, 0.1) is 0 Å². The molecule has 2 aliphatic heterocycles. The van der Waals surface area contributed by atoms with Crippen molar-refractivity contribution in [3.63, 3.8) is 0 Å². The molecule has 1 aromatic heterocycles. The molecule has 1 aromatic rings. The van der Waals surface area contributed by atoms with Gasteiger partial charge in [-0.15, -0.1) is 0 Å². The summed E-state index contributed by atoms with van der Waals surface area (Å²) >= 11 is 0. The van der Waals surface area contributed by atoms with E-state index in [0.29, 0.717) is 6.04 Å². The van der Waals surface area contributed by atoms with Gasteiger partial charge in [0.2, 0.25) is 0 Å². The Morgan fingerprint density at radius 1 is 1.42 bits per heavy atom. The highest BCUT2D eigenvalue weighted by Gasteiger charge is 2.27. The SMILES string of the molecule is CC1CN=C2C(=NCCc3ccncc3)NC=CN21. The first kappa shape index (κ1) is 11.9. The highest BCUT2D eigenvalue weighted by molar-refractivity contribution is 6.41. The zero-order chi connectivity index (χ0) is 13.1. The molecule has 5 nitrogen and oxygen atoms in total. The van der Waals surface area contributed by atoms with Gasteiger partial charge in [-0.2, -0.15) is 0 Å². The van der Waals surface area contributed by atoms with E-state index in [0.717, 1.165) is 31.2 Å². The van der Waals surface area contributed by atoms with Gasteiger partial charge in [0.05, 0.1) is 12.6 Å². The van der Waals surface area contributed by atoms with E-state index in [1.54, 1.807) is 0 Å². The van der Waals surface area contributed by atoms with Gasteiger partial charge in [-0.05, 0) is 31.0 Å². The van der Waals surface area contributed by atoms with Crippen LogP contribution in [0.4, 0.5) is 0 Å². The van der Waals surface area contributed by atoms with Crippen molar-refractivity contribution in [2.45, 2.75) is 19.4 Å². The number of aromatic nitrogens is 1. The van der Waals surface area contributed by atoms with Crippen LogP contribution >= 0.6 is 0 Å². The van der Waals surface area contributed by atoms with Gasteiger partial charge >= 0.3 is 0 Å². The molecule has 98 valence electrons. The van der Waals surface area contributed by atoms with Gasteiger partial charge < -0.3 is 10.2 Å². The number of amidine groups is 2. The van der Waals surface area contributed by atoms with E-state index in [-0.39, 0.29) is 0 Å². The smallest absolute Gasteiger partial charge is 0.171 e. The van der Waals surface area contributed by atoms with Crippen molar-refractivity contribution in [3.05, 3.63) is 42.5 Å². The standard InChI is InChI=1S/C14H17N5/c1-11-10-18-14-13(17-8-9-19(11)14)16-7-4-12-2-5-15-6-3-12/h2-3,5-6,8-9,11H,4,7,10H2,1H3,(H,16,17). The van der Waals surface area contributed by atoms with Crippen molar-refractivity contribution in [3.8, 4) is 0 Å². The zero-order valence-corrected chi connectivity index (χ0v) is 11.0. The molecule has 19 heavy (non-hydrogen) atoms. The van der Waals surface area contributed by atoms with Crippen LogP contribution in [0.25, 0.3) is 0 Å². The summed E-state index contributed by atoms with van der Waals surface area (Å²) in [5, 5.41) is 3.18. The third kappa shape index (κ3) is 2.50. The van der Waals surface area contributed by atoms with E-state index in [1.165, 1.54) is 5.56 Å². The molecule has 0 saturated heterocycles. The highest BCUT2D eigenvalue weighted by Crippen LogP contribution is 2.13. The largest absolute Gasteiger partial charge is 0.342 e. The van der Waals surface area contributed by atoms with E-state index in [4.69, 9.17) is 0 Å². The third-order valence-electron chi connectivity index (χ3n) is 3.31. The van der Waals surface area contributed by atoms with Gasteiger partial charge in [-0.1, -0.05) is 0 Å². The monoisotopic (exact) mass is 255 g/mol. The van der Waals surface area contributed by atoms with E-state index in [9.17, 15) is 0 Å². The van der Waals surface area contributed by atoms with Crippen LogP contribution in [0.2, 0.25) is 0 Å². The van der Waals surface area contributed by atoms with Crippen molar-refractivity contribution < 1.29 is 0 Å². The van der Waals surface area contributed by atoms with Gasteiger partial charge in [0.15, 0.2) is 11.7 Å². The quantitative estimate of drug-likeness (QED) is 0.883. The molecule has 0 aliphatic carbocycles. The minimum Gasteiger partial charge on any atom is -0.342 e. The van der Waals surface area contributed by atoms with Crippen molar-refractivity contribution >= 4 is 11.7 Å². The van der Waals surface area contributed by atoms with Crippen LogP contribution in [0.15, 0.2) is 46.9 Å². The molecule has 0 amide bonds. The second-order valence-corrected chi connectivity index (χ2v) is 4.72. The minimum atomic E-state index is 0.429. The lowest BCUT2D eigenvalue weighted by Crippen LogP contribution is -2.43. The average Bonchev–Trinajstić information content (AvgIpc) is 2.83. The summed E-state index contributed by atoms with van der Waals surface area (Å²) in [6, 6.07) is 4.48. The van der Waals surface area contributed by atoms with Crippen LogP contribution in [-0.4, -0.2) is 40.7 Å². The molecular weight excluding hydrogens is 238 g/mol. The maximum Gasteiger partial charge on any atom is 0.171 e. The number of nitrogens with zero attached hydrogens (tertiary/aromatic N) is 4. The van der Waals surface area contributed by atoms with Gasteiger partial charge in [-0.3, -0.25) is 15.0 Å². The fraction of sp³-hybridized carbons (Fsp3) is 0.357. The molecule has 1 N–H and O–H groups in total. The average molecular weight is 255 g/mol. The normalized spacial score (nSPS) is 23.2. The first-order chi connectivity index (χ1) is 9.34. The molecule has 1 unspecified atom stereocenters. The molecule has 2 aliphatic rings. The maximum atomic E-state index is 4.62. The number of pyridine rings is 1. The van der Waals surface area contributed by atoms with E-state index < -0.39 is 0 Å². The predicted octanol–water partition coefficient (Wildman–Crippen LogP) is 1.20. The van der Waals surface area contributed by atoms with Gasteiger partial charge in [0, 0.05) is 31.3 Å². The Balaban J connectivity index is 1.66. The lowest BCUT2D eigenvalue weighted by Gasteiger charge is -2.25. The maximum absolute atomic E-state index is 4.62. The van der Waals surface area contributed by atoms with Crippen LogP contribution in [-0.2, 0) is 6.42 Å². The van der Waals surface area contributed by atoms with Crippen LogP contribution < -0.4 is 5.32 Å². The molecule has 0 saturated carbocycles. The molecule has 5 heteroatoms. The number of rotatable bonds is 3. The minimum absolute atomic E-state index is 0.429. The highest BCUT2D eigenvalue weighted by atomic mass is 15.3. The lowest BCUT2D eigenvalue weighted by molar-refractivity contribution is 0.471. The predicted molar refractivity (Wildman–Crippen MR) is 76.1 cm³/mol. The topological polar surface area (TPSA) is 52.9 Å². The second kappa shape index (κ2) is 5.22. The van der Waals surface area contributed by atoms with Crippen LogP contribution in [0.5, 0.6) is 0 Å². The fourth-order valence-corrected chi connectivity index (χ4v) is 2.24. The number of aliphatic imine (C=N–C) groups is 2. The Morgan fingerprint density at radius 2 is 2.26 bits per heavy atom. The Bertz CT molecular complexity index is 532. The molecule has 0 aromatic carbocycles. The molecule has 3 heterocycles. The number of hydrogen-bond donors (Lipinski definition) is 1. The number of fused-ring (bicyclic) bond motifs is 1. The molecule has 0 fully saturated rings. The summed E-state index contributed by atoms with van der Waals surface area (Å²) in [4.78, 5) is 15.3. The summed E-state index contributed by atoms with van der Waals surface area (Å²) < 4.78 is 0.